The minimum Gasteiger partial charge on any atom is -0.455 e. The summed E-state index contributed by atoms with van der Waals surface area (Å²) in [6.07, 6.45) is 4.03. The smallest absolute Gasteiger partial charge is 0.291 e. The Bertz CT molecular complexity index is 704. The van der Waals surface area contributed by atoms with Gasteiger partial charge in [-0.15, -0.1) is 0 Å². The highest BCUT2D eigenvalue weighted by molar-refractivity contribution is 6.03. The van der Waals surface area contributed by atoms with Gasteiger partial charge in [0.1, 0.15) is 5.76 Å². The summed E-state index contributed by atoms with van der Waals surface area (Å²) in [5, 5.41) is 13.1. The lowest BCUT2D eigenvalue weighted by Crippen LogP contribution is -2.24. The van der Waals surface area contributed by atoms with Crippen LogP contribution in [0.2, 0.25) is 0 Å². The molecule has 5 nitrogen and oxygen atoms in total. The first kappa shape index (κ1) is 14.8. The molecule has 0 bridgehead atoms. The third kappa shape index (κ3) is 2.64. The van der Waals surface area contributed by atoms with Crippen molar-refractivity contribution in [3.8, 4) is 0 Å². The maximum atomic E-state index is 12.4. The second-order valence-corrected chi connectivity index (χ2v) is 6.65. The maximum Gasteiger partial charge on any atom is 0.291 e. The Labute approximate surface area is 129 Å². The van der Waals surface area contributed by atoms with Crippen molar-refractivity contribution >= 4 is 11.6 Å². The summed E-state index contributed by atoms with van der Waals surface area (Å²) in [5.41, 5.74) is 2.07. The first-order valence-electron chi connectivity index (χ1n) is 7.39. The van der Waals surface area contributed by atoms with Gasteiger partial charge < -0.3 is 14.8 Å². The normalized spacial score (nSPS) is 19.5. The van der Waals surface area contributed by atoms with Crippen LogP contribution in [0.3, 0.4) is 0 Å². The van der Waals surface area contributed by atoms with E-state index < -0.39 is 6.10 Å². The van der Waals surface area contributed by atoms with Gasteiger partial charge in [-0.05, 0) is 30.9 Å². The summed E-state index contributed by atoms with van der Waals surface area (Å²) in [5.74, 6) is 0.674. The van der Waals surface area contributed by atoms with E-state index in [1.807, 2.05) is 6.92 Å². The molecule has 0 radical (unpaired) electrons. The number of aliphatic hydroxyl groups excluding tert-OH is 1. The van der Waals surface area contributed by atoms with Crippen LogP contribution >= 0.6 is 0 Å². The molecule has 0 saturated heterocycles. The molecule has 1 amide bonds. The Kier molecular flexibility index (Phi) is 3.53. The number of aliphatic hydroxyl groups is 1. The molecule has 0 aliphatic heterocycles. The molecular weight excluding hydrogens is 280 g/mol. The van der Waals surface area contributed by atoms with Crippen LogP contribution in [-0.4, -0.2) is 16.0 Å². The fraction of sp³-hybridized carbons (Fsp3) is 0.412. The molecule has 2 aromatic heterocycles. The number of nitrogens with one attached hydrogen (secondary N) is 1. The van der Waals surface area contributed by atoms with Crippen LogP contribution in [0.25, 0.3) is 0 Å². The molecule has 0 fully saturated rings. The maximum absolute atomic E-state index is 12.4. The lowest BCUT2D eigenvalue weighted by molar-refractivity contribution is 0.0910. The summed E-state index contributed by atoms with van der Waals surface area (Å²) in [6.45, 7) is 6.00. The van der Waals surface area contributed by atoms with Crippen molar-refractivity contribution in [2.45, 2.75) is 39.7 Å². The number of amides is 1. The second kappa shape index (κ2) is 5.25. The number of rotatable bonds is 2. The molecule has 2 N–H and O–H groups in total. The molecule has 0 aromatic carbocycles. The molecular formula is C17H20N2O3. The number of anilines is 1. The number of furan rings is 1. The summed E-state index contributed by atoms with van der Waals surface area (Å²) < 4.78 is 5.78. The van der Waals surface area contributed by atoms with Crippen LogP contribution in [0.4, 0.5) is 5.69 Å². The number of fused-ring (bicyclic) bond motifs is 1. The van der Waals surface area contributed by atoms with E-state index in [4.69, 9.17) is 4.42 Å². The average Bonchev–Trinajstić information content (AvgIpc) is 2.75. The van der Waals surface area contributed by atoms with Gasteiger partial charge in [-0.1, -0.05) is 13.8 Å². The highest BCUT2D eigenvalue weighted by Crippen LogP contribution is 2.43. The van der Waals surface area contributed by atoms with Gasteiger partial charge in [0.25, 0.3) is 5.91 Å². The summed E-state index contributed by atoms with van der Waals surface area (Å²) in [6, 6.07) is 3.52. The first-order valence-corrected chi connectivity index (χ1v) is 7.39. The zero-order valence-electron chi connectivity index (χ0n) is 13.0. The quantitative estimate of drug-likeness (QED) is 0.892. The van der Waals surface area contributed by atoms with Crippen molar-refractivity contribution in [3.05, 3.63) is 47.2 Å². The molecule has 0 spiro atoms. The SMILES string of the molecule is Cc1c(C(=O)Nc2cccnc2)oc2c1[C@@H](O)CC(C)(C)C2. The van der Waals surface area contributed by atoms with Crippen LogP contribution in [0.15, 0.2) is 28.9 Å². The van der Waals surface area contributed by atoms with Crippen molar-refractivity contribution < 1.29 is 14.3 Å². The highest BCUT2D eigenvalue weighted by Gasteiger charge is 2.37. The van der Waals surface area contributed by atoms with E-state index >= 15 is 0 Å². The summed E-state index contributed by atoms with van der Waals surface area (Å²) >= 11 is 0. The van der Waals surface area contributed by atoms with Crippen LogP contribution in [-0.2, 0) is 6.42 Å². The minimum atomic E-state index is -0.581. The number of hydrogen-bond acceptors (Lipinski definition) is 4. The largest absolute Gasteiger partial charge is 0.455 e. The summed E-state index contributed by atoms with van der Waals surface area (Å²) in [7, 11) is 0. The molecule has 1 aliphatic rings. The molecule has 1 aliphatic carbocycles. The minimum absolute atomic E-state index is 0.0339. The first-order chi connectivity index (χ1) is 10.4. The Balaban J connectivity index is 1.91. The van der Waals surface area contributed by atoms with Gasteiger partial charge in [0.15, 0.2) is 5.76 Å². The molecule has 5 heteroatoms. The number of hydrogen-bond donors (Lipinski definition) is 2. The number of carbonyl (C=O) groups excluding carboxylic acids is 1. The lowest BCUT2D eigenvalue weighted by atomic mass is 9.75. The Morgan fingerprint density at radius 1 is 1.50 bits per heavy atom. The number of nitrogens with zero attached hydrogens (tertiary/aromatic N) is 1. The van der Waals surface area contributed by atoms with Crippen molar-refractivity contribution in [1.29, 1.82) is 0 Å². The number of pyridine rings is 1. The fourth-order valence-corrected chi connectivity index (χ4v) is 3.13. The highest BCUT2D eigenvalue weighted by atomic mass is 16.4. The Morgan fingerprint density at radius 3 is 2.95 bits per heavy atom. The molecule has 0 saturated carbocycles. The number of carbonyl (C=O) groups is 1. The van der Waals surface area contributed by atoms with E-state index in [0.717, 1.165) is 23.3 Å². The van der Waals surface area contributed by atoms with Gasteiger partial charge >= 0.3 is 0 Å². The van der Waals surface area contributed by atoms with Crippen molar-refractivity contribution in [2.75, 3.05) is 5.32 Å². The summed E-state index contributed by atoms with van der Waals surface area (Å²) in [4.78, 5) is 16.4. The van der Waals surface area contributed by atoms with Crippen LogP contribution in [0.5, 0.6) is 0 Å². The van der Waals surface area contributed by atoms with Gasteiger partial charge in [-0.2, -0.15) is 0 Å². The molecule has 22 heavy (non-hydrogen) atoms. The van der Waals surface area contributed by atoms with Crippen LogP contribution in [0, 0.1) is 12.3 Å². The van der Waals surface area contributed by atoms with Crippen LogP contribution < -0.4 is 5.32 Å². The zero-order valence-corrected chi connectivity index (χ0v) is 13.0. The molecule has 116 valence electrons. The van der Waals surface area contributed by atoms with Crippen molar-refractivity contribution in [1.82, 2.24) is 4.98 Å². The van der Waals surface area contributed by atoms with E-state index in [1.165, 1.54) is 0 Å². The number of aromatic nitrogens is 1. The monoisotopic (exact) mass is 300 g/mol. The standard InChI is InChI=1S/C17H20N2O3/c1-10-14-12(20)7-17(2,3)8-13(14)22-15(10)16(21)19-11-5-4-6-18-9-11/h4-6,9,12,20H,7-8H2,1-3H3,(H,19,21)/t12-/m0/s1. The topological polar surface area (TPSA) is 75.4 Å². The zero-order chi connectivity index (χ0) is 15.9. The predicted molar refractivity (Wildman–Crippen MR) is 82.7 cm³/mol. The molecule has 2 heterocycles. The molecule has 2 aromatic rings. The van der Waals surface area contributed by atoms with Gasteiger partial charge in [-0.3, -0.25) is 9.78 Å². The van der Waals surface area contributed by atoms with Gasteiger partial charge in [0.05, 0.1) is 18.0 Å². The second-order valence-electron chi connectivity index (χ2n) is 6.65. The Morgan fingerprint density at radius 2 is 2.27 bits per heavy atom. The van der Waals surface area contributed by atoms with E-state index in [0.29, 0.717) is 12.1 Å². The molecule has 3 rings (SSSR count). The fourth-order valence-electron chi connectivity index (χ4n) is 3.13. The van der Waals surface area contributed by atoms with E-state index in [-0.39, 0.29) is 17.1 Å². The predicted octanol–water partition coefficient (Wildman–Crippen LogP) is 3.24. The van der Waals surface area contributed by atoms with Gasteiger partial charge in [-0.25, -0.2) is 0 Å². The van der Waals surface area contributed by atoms with Crippen molar-refractivity contribution in [3.63, 3.8) is 0 Å². The van der Waals surface area contributed by atoms with Gasteiger partial charge in [0, 0.05) is 23.7 Å². The lowest BCUT2D eigenvalue weighted by Gasteiger charge is -2.31. The molecule has 1 atom stereocenters. The molecule has 0 unspecified atom stereocenters. The third-order valence-electron chi connectivity index (χ3n) is 4.11. The van der Waals surface area contributed by atoms with E-state index in [2.05, 4.69) is 24.1 Å². The van der Waals surface area contributed by atoms with Crippen LogP contribution in [0.1, 0.15) is 53.8 Å². The van der Waals surface area contributed by atoms with Crippen molar-refractivity contribution in [2.24, 2.45) is 5.41 Å². The average molecular weight is 300 g/mol. The Hall–Kier alpha value is -2.14. The van der Waals surface area contributed by atoms with E-state index in [1.54, 1.807) is 24.5 Å². The third-order valence-corrected chi connectivity index (χ3v) is 4.11. The van der Waals surface area contributed by atoms with E-state index in [9.17, 15) is 9.90 Å². The van der Waals surface area contributed by atoms with Gasteiger partial charge in [0.2, 0.25) is 0 Å².